The van der Waals surface area contributed by atoms with Gasteiger partial charge in [0.25, 0.3) is 0 Å². The standard InChI is InChI=1S/C22H23FN2O2/c1-27-21-12-15(6-7-16(21)14-8-10-24-11-9-14)17-13-18(17)22(26)25-20-5-3-2-4-19(20)23/h2-8,12,17-18,24H,9-11,13H2,1H3,(H,25,26). The molecule has 1 aliphatic heterocycles. The molecule has 2 aromatic carbocycles. The van der Waals surface area contributed by atoms with Crippen molar-refractivity contribution in [3.8, 4) is 5.75 Å². The molecule has 5 heteroatoms. The number of benzene rings is 2. The monoisotopic (exact) mass is 366 g/mol. The van der Waals surface area contributed by atoms with E-state index in [4.69, 9.17) is 4.74 Å². The van der Waals surface area contributed by atoms with Crippen molar-refractivity contribution in [1.29, 1.82) is 0 Å². The van der Waals surface area contributed by atoms with Crippen molar-refractivity contribution < 1.29 is 13.9 Å². The van der Waals surface area contributed by atoms with Crippen LogP contribution in [0.4, 0.5) is 10.1 Å². The molecule has 140 valence electrons. The van der Waals surface area contributed by atoms with Crippen LogP contribution < -0.4 is 15.4 Å². The molecule has 4 rings (SSSR count). The molecule has 1 amide bonds. The summed E-state index contributed by atoms with van der Waals surface area (Å²) in [4.78, 5) is 12.5. The topological polar surface area (TPSA) is 50.4 Å². The summed E-state index contributed by atoms with van der Waals surface area (Å²) in [6.45, 7) is 1.85. The average molecular weight is 366 g/mol. The predicted molar refractivity (Wildman–Crippen MR) is 104 cm³/mol. The number of rotatable bonds is 5. The molecular weight excluding hydrogens is 343 g/mol. The molecular formula is C22H23FN2O2. The highest BCUT2D eigenvalue weighted by Crippen LogP contribution is 2.49. The fraction of sp³-hybridized carbons (Fsp3) is 0.318. The van der Waals surface area contributed by atoms with Crippen LogP contribution in [0.1, 0.15) is 29.9 Å². The largest absolute Gasteiger partial charge is 0.496 e. The number of hydrogen-bond donors (Lipinski definition) is 2. The Bertz CT molecular complexity index is 894. The molecule has 1 saturated carbocycles. The molecule has 27 heavy (non-hydrogen) atoms. The summed E-state index contributed by atoms with van der Waals surface area (Å²) in [6, 6.07) is 12.5. The van der Waals surface area contributed by atoms with Gasteiger partial charge < -0.3 is 15.4 Å². The summed E-state index contributed by atoms with van der Waals surface area (Å²) in [5, 5.41) is 6.02. The number of carbonyl (C=O) groups is 1. The van der Waals surface area contributed by atoms with Crippen molar-refractivity contribution in [2.24, 2.45) is 5.92 Å². The van der Waals surface area contributed by atoms with Crippen LogP contribution in [-0.2, 0) is 4.79 Å². The highest BCUT2D eigenvalue weighted by Gasteiger charge is 2.44. The van der Waals surface area contributed by atoms with E-state index >= 15 is 0 Å². The molecule has 0 radical (unpaired) electrons. The molecule has 0 bridgehead atoms. The highest BCUT2D eigenvalue weighted by atomic mass is 19.1. The Hall–Kier alpha value is -2.66. The van der Waals surface area contributed by atoms with E-state index in [1.54, 1.807) is 25.3 Å². The van der Waals surface area contributed by atoms with Gasteiger partial charge in [0.1, 0.15) is 11.6 Å². The minimum atomic E-state index is -0.413. The lowest BCUT2D eigenvalue weighted by atomic mass is 9.96. The smallest absolute Gasteiger partial charge is 0.228 e. The van der Waals surface area contributed by atoms with Crippen LogP contribution in [0.15, 0.2) is 48.5 Å². The number of carbonyl (C=O) groups excluding carboxylic acids is 1. The van der Waals surface area contributed by atoms with Gasteiger partial charge in [0.15, 0.2) is 0 Å². The van der Waals surface area contributed by atoms with Gasteiger partial charge in [-0.25, -0.2) is 4.39 Å². The Morgan fingerprint density at radius 3 is 2.85 bits per heavy atom. The van der Waals surface area contributed by atoms with Crippen LogP contribution in [0, 0.1) is 11.7 Å². The molecule has 2 unspecified atom stereocenters. The first-order chi connectivity index (χ1) is 13.2. The van der Waals surface area contributed by atoms with E-state index in [0.717, 1.165) is 42.8 Å². The molecule has 0 saturated heterocycles. The Morgan fingerprint density at radius 2 is 2.11 bits per heavy atom. The summed E-state index contributed by atoms with van der Waals surface area (Å²) in [6.07, 6.45) is 3.95. The lowest BCUT2D eigenvalue weighted by Crippen LogP contribution is -2.20. The number of methoxy groups -OCH3 is 1. The maximum absolute atomic E-state index is 13.7. The Balaban J connectivity index is 1.48. The number of halogens is 1. The molecule has 2 N–H and O–H groups in total. The van der Waals surface area contributed by atoms with Crippen molar-refractivity contribution in [2.75, 3.05) is 25.5 Å². The van der Waals surface area contributed by atoms with E-state index in [-0.39, 0.29) is 23.4 Å². The normalized spacial score (nSPS) is 21.3. The van der Waals surface area contributed by atoms with Crippen molar-refractivity contribution in [2.45, 2.75) is 18.8 Å². The van der Waals surface area contributed by atoms with Crippen molar-refractivity contribution >= 4 is 17.2 Å². The lowest BCUT2D eigenvalue weighted by molar-refractivity contribution is -0.117. The van der Waals surface area contributed by atoms with E-state index in [9.17, 15) is 9.18 Å². The first kappa shape index (κ1) is 17.7. The molecule has 0 spiro atoms. The third kappa shape index (κ3) is 3.74. The average Bonchev–Trinajstić information content (AvgIpc) is 3.51. The van der Waals surface area contributed by atoms with Gasteiger partial charge in [-0.05, 0) is 54.6 Å². The third-order valence-electron chi connectivity index (χ3n) is 5.32. The van der Waals surface area contributed by atoms with Crippen LogP contribution >= 0.6 is 0 Å². The van der Waals surface area contributed by atoms with E-state index < -0.39 is 5.82 Å². The van der Waals surface area contributed by atoms with Crippen LogP contribution in [0.5, 0.6) is 5.75 Å². The Kier molecular flexibility index (Phi) is 4.94. The minimum Gasteiger partial charge on any atom is -0.496 e. The number of amides is 1. The number of hydrogen-bond acceptors (Lipinski definition) is 3. The molecule has 1 heterocycles. The molecule has 0 aromatic heterocycles. The van der Waals surface area contributed by atoms with Crippen molar-refractivity contribution in [3.05, 3.63) is 65.5 Å². The van der Waals surface area contributed by atoms with E-state index in [1.165, 1.54) is 11.6 Å². The number of anilines is 1. The summed E-state index contributed by atoms with van der Waals surface area (Å²) < 4.78 is 19.3. The summed E-state index contributed by atoms with van der Waals surface area (Å²) in [7, 11) is 1.68. The van der Waals surface area contributed by atoms with Gasteiger partial charge in [-0.3, -0.25) is 4.79 Å². The van der Waals surface area contributed by atoms with Crippen LogP contribution in [0.25, 0.3) is 5.57 Å². The first-order valence-corrected chi connectivity index (χ1v) is 9.31. The predicted octanol–water partition coefficient (Wildman–Crippen LogP) is 3.95. The quantitative estimate of drug-likeness (QED) is 0.842. The highest BCUT2D eigenvalue weighted by molar-refractivity contribution is 5.95. The summed E-state index contributed by atoms with van der Waals surface area (Å²) >= 11 is 0. The van der Waals surface area contributed by atoms with Gasteiger partial charge >= 0.3 is 0 Å². The molecule has 2 aromatic rings. The number of nitrogens with one attached hydrogen (secondary N) is 2. The zero-order valence-electron chi connectivity index (χ0n) is 15.3. The van der Waals surface area contributed by atoms with Gasteiger partial charge in [-0.2, -0.15) is 0 Å². The zero-order chi connectivity index (χ0) is 18.8. The van der Waals surface area contributed by atoms with Crippen LogP contribution in [-0.4, -0.2) is 26.1 Å². The zero-order valence-corrected chi connectivity index (χ0v) is 15.3. The van der Waals surface area contributed by atoms with Crippen molar-refractivity contribution in [1.82, 2.24) is 5.32 Å². The second kappa shape index (κ2) is 7.53. The fourth-order valence-corrected chi connectivity index (χ4v) is 3.71. The van der Waals surface area contributed by atoms with Crippen LogP contribution in [0.2, 0.25) is 0 Å². The second-order valence-corrected chi connectivity index (χ2v) is 7.06. The maximum Gasteiger partial charge on any atom is 0.228 e. The lowest BCUT2D eigenvalue weighted by Gasteiger charge is -2.17. The second-order valence-electron chi connectivity index (χ2n) is 7.06. The molecule has 2 atom stereocenters. The van der Waals surface area contributed by atoms with E-state index in [0.29, 0.717) is 0 Å². The van der Waals surface area contributed by atoms with Gasteiger partial charge in [0.2, 0.25) is 5.91 Å². The maximum atomic E-state index is 13.7. The molecule has 4 nitrogen and oxygen atoms in total. The molecule has 1 fully saturated rings. The van der Waals surface area contributed by atoms with E-state index in [1.807, 2.05) is 6.07 Å². The van der Waals surface area contributed by atoms with Gasteiger partial charge in [-0.1, -0.05) is 30.3 Å². The van der Waals surface area contributed by atoms with Crippen LogP contribution in [0.3, 0.4) is 0 Å². The third-order valence-corrected chi connectivity index (χ3v) is 5.32. The minimum absolute atomic E-state index is 0.127. The van der Waals surface area contributed by atoms with Gasteiger partial charge in [0.05, 0.1) is 12.8 Å². The van der Waals surface area contributed by atoms with Gasteiger partial charge in [0, 0.05) is 18.0 Å². The summed E-state index contributed by atoms with van der Waals surface area (Å²) in [5.74, 6) is 0.333. The van der Waals surface area contributed by atoms with Gasteiger partial charge in [-0.15, -0.1) is 0 Å². The Labute approximate surface area is 158 Å². The fourth-order valence-electron chi connectivity index (χ4n) is 3.71. The Morgan fingerprint density at radius 1 is 1.26 bits per heavy atom. The van der Waals surface area contributed by atoms with E-state index in [2.05, 4.69) is 28.8 Å². The first-order valence-electron chi connectivity index (χ1n) is 9.31. The molecule has 2 aliphatic rings. The summed E-state index contributed by atoms with van der Waals surface area (Å²) in [5.41, 5.74) is 3.75. The number of ether oxygens (including phenoxy) is 1. The number of para-hydroxylation sites is 1. The van der Waals surface area contributed by atoms with Crippen molar-refractivity contribution in [3.63, 3.8) is 0 Å². The SMILES string of the molecule is COc1cc(C2CC2C(=O)Nc2ccccc2F)ccc1C1=CCNCC1. The molecule has 1 aliphatic carbocycles.